The molecule has 0 bridgehead atoms. The van der Waals surface area contributed by atoms with Crippen molar-refractivity contribution >= 4 is 11.8 Å². The van der Waals surface area contributed by atoms with Crippen LogP contribution in [0.1, 0.15) is 25.3 Å². The minimum Gasteiger partial charge on any atom is -0.377 e. The molecule has 1 saturated heterocycles. The molecule has 1 aliphatic heterocycles. The minimum absolute atomic E-state index is 0.425. The maximum atomic E-state index is 5.68. The van der Waals surface area contributed by atoms with E-state index in [1.165, 1.54) is 23.3 Å². The fraction of sp³-hybridized carbons (Fsp3) is 0.600. The molecule has 1 aromatic rings. The summed E-state index contributed by atoms with van der Waals surface area (Å²) >= 11 is 1.92. The van der Waals surface area contributed by atoms with E-state index in [0.29, 0.717) is 12.1 Å². The Kier molecular flexibility index (Phi) is 5.54. The fourth-order valence-corrected chi connectivity index (χ4v) is 3.19. The Morgan fingerprint density at radius 1 is 1.50 bits per heavy atom. The number of aryl methyl sites for hydroxylation is 1. The molecule has 18 heavy (non-hydrogen) atoms. The molecule has 1 aromatic carbocycles. The van der Waals surface area contributed by atoms with Crippen LogP contribution >= 0.6 is 11.8 Å². The second kappa shape index (κ2) is 7.17. The molecule has 1 heterocycles. The Hall–Kier alpha value is -0.510. The Bertz CT molecular complexity index is 363. The van der Waals surface area contributed by atoms with Crippen LogP contribution in [-0.2, 0) is 4.74 Å². The average molecular weight is 265 g/mol. The van der Waals surface area contributed by atoms with Crippen molar-refractivity contribution in [3.63, 3.8) is 0 Å². The van der Waals surface area contributed by atoms with Gasteiger partial charge in [0.25, 0.3) is 0 Å². The highest BCUT2D eigenvalue weighted by Gasteiger charge is 2.21. The summed E-state index contributed by atoms with van der Waals surface area (Å²) in [4.78, 5) is 1.36. The standard InChI is InChI=1S/C15H23NOS/c1-12-5-3-6-14(11-12)18-10-8-16-13(2)15-7-4-9-17-15/h3,5-6,11,13,15-16H,4,7-10H2,1-2H3. The summed E-state index contributed by atoms with van der Waals surface area (Å²) in [5.74, 6) is 1.11. The van der Waals surface area contributed by atoms with Gasteiger partial charge in [-0.2, -0.15) is 0 Å². The van der Waals surface area contributed by atoms with Crippen LogP contribution < -0.4 is 5.32 Å². The average Bonchev–Trinajstić information content (AvgIpc) is 2.88. The molecule has 2 rings (SSSR count). The molecule has 0 spiro atoms. The van der Waals surface area contributed by atoms with Crippen molar-refractivity contribution in [1.82, 2.24) is 5.32 Å². The first-order valence-corrected chi connectivity index (χ1v) is 7.79. The first-order chi connectivity index (χ1) is 8.75. The van der Waals surface area contributed by atoms with Gasteiger partial charge in [0.05, 0.1) is 6.10 Å². The van der Waals surface area contributed by atoms with Gasteiger partial charge in [0.2, 0.25) is 0 Å². The Labute approximate surface area is 114 Å². The van der Waals surface area contributed by atoms with Crippen LogP contribution in [0.5, 0.6) is 0 Å². The number of nitrogens with one attached hydrogen (secondary N) is 1. The summed E-state index contributed by atoms with van der Waals surface area (Å²) < 4.78 is 5.68. The van der Waals surface area contributed by atoms with Gasteiger partial charge in [0, 0.05) is 29.8 Å². The summed E-state index contributed by atoms with van der Waals surface area (Å²) in [6.45, 7) is 6.35. The summed E-state index contributed by atoms with van der Waals surface area (Å²) in [5.41, 5.74) is 1.33. The molecule has 2 unspecified atom stereocenters. The first-order valence-electron chi connectivity index (χ1n) is 6.80. The lowest BCUT2D eigenvalue weighted by molar-refractivity contribution is 0.0844. The van der Waals surface area contributed by atoms with E-state index in [9.17, 15) is 0 Å². The predicted octanol–water partition coefficient (Wildman–Crippen LogP) is 3.24. The lowest BCUT2D eigenvalue weighted by atomic mass is 10.1. The number of thioether (sulfide) groups is 1. The third kappa shape index (κ3) is 4.30. The molecule has 0 aliphatic carbocycles. The molecule has 0 amide bonds. The van der Waals surface area contributed by atoms with Crippen LogP contribution in [0.15, 0.2) is 29.2 Å². The zero-order valence-electron chi connectivity index (χ0n) is 11.3. The van der Waals surface area contributed by atoms with Crippen molar-refractivity contribution in [3.8, 4) is 0 Å². The molecule has 2 nitrogen and oxygen atoms in total. The summed E-state index contributed by atoms with van der Waals surface area (Å²) in [5, 5.41) is 3.56. The quantitative estimate of drug-likeness (QED) is 0.630. The second-order valence-electron chi connectivity index (χ2n) is 4.96. The lowest BCUT2D eigenvalue weighted by Gasteiger charge is -2.19. The molecule has 100 valence electrons. The molecule has 0 radical (unpaired) electrons. The zero-order chi connectivity index (χ0) is 12.8. The number of ether oxygens (including phenoxy) is 1. The van der Waals surface area contributed by atoms with Crippen LogP contribution in [0.2, 0.25) is 0 Å². The maximum Gasteiger partial charge on any atom is 0.0726 e. The third-order valence-corrected chi connectivity index (χ3v) is 4.34. The molecular weight excluding hydrogens is 242 g/mol. The van der Waals surface area contributed by atoms with Gasteiger partial charge >= 0.3 is 0 Å². The van der Waals surface area contributed by atoms with E-state index < -0.39 is 0 Å². The topological polar surface area (TPSA) is 21.3 Å². The molecule has 0 aromatic heterocycles. The lowest BCUT2D eigenvalue weighted by Crippen LogP contribution is -2.38. The third-order valence-electron chi connectivity index (χ3n) is 3.35. The number of hydrogen-bond donors (Lipinski definition) is 1. The van der Waals surface area contributed by atoms with Crippen LogP contribution in [0.25, 0.3) is 0 Å². The predicted molar refractivity (Wildman–Crippen MR) is 78.3 cm³/mol. The van der Waals surface area contributed by atoms with Gasteiger partial charge in [-0.3, -0.25) is 0 Å². The zero-order valence-corrected chi connectivity index (χ0v) is 12.1. The summed E-state index contributed by atoms with van der Waals surface area (Å²) in [6.07, 6.45) is 2.85. The van der Waals surface area contributed by atoms with Gasteiger partial charge in [0.1, 0.15) is 0 Å². The van der Waals surface area contributed by atoms with Gasteiger partial charge in [-0.1, -0.05) is 17.7 Å². The maximum absolute atomic E-state index is 5.68. The molecule has 0 saturated carbocycles. The highest BCUT2D eigenvalue weighted by atomic mass is 32.2. The van der Waals surface area contributed by atoms with Gasteiger partial charge < -0.3 is 10.1 Å². The SMILES string of the molecule is Cc1cccc(SCCNC(C)C2CCCO2)c1. The van der Waals surface area contributed by atoms with Crippen LogP contribution in [0.4, 0.5) is 0 Å². The van der Waals surface area contributed by atoms with Gasteiger partial charge in [-0.15, -0.1) is 11.8 Å². The van der Waals surface area contributed by atoms with E-state index in [4.69, 9.17) is 4.74 Å². The summed E-state index contributed by atoms with van der Waals surface area (Å²) in [7, 11) is 0. The van der Waals surface area contributed by atoms with E-state index in [2.05, 4.69) is 43.4 Å². The number of benzene rings is 1. The van der Waals surface area contributed by atoms with Gasteiger partial charge in [-0.05, 0) is 38.8 Å². The molecule has 1 aliphatic rings. The summed E-state index contributed by atoms with van der Waals surface area (Å²) in [6, 6.07) is 9.17. The Balaban J connectivity index is 1.63. The van der Waals surface area contributed by atoms with Crippen molar-refractivity contribution in [1.29, 1.82) is 0 Å². The monoisotopic (exact) mass is 265 g/mol. The molecule has 1 N–H and O–H groups in total. The smallest absolute Gasteiger partial charge is 0.0726 e. The van der Waals surface area contributed by atoms with Crippen LogP contribution in [0, 0.1) is 6.92 Å². The Morgan fingerprint density at radius 3 is 3.11 bits per heavy atom. The number of hydrogen-bond acceptors (Lipinski definition) is 3. The van der Waals surface area contributed by atoms with Crippen molar-refractivity contribution in [2.75, 3.05) is 18.9 Å². The van der Waals surface area contributed by atoms with E-state index >= 15 is 0 Å². The highest BCUT2D eigenvalue weighted by molar-refractivity contribution is 7.99. The first kappa shape index (κ1) is 13.9. The molecular formula is C15H23NOS. The van der Waals surface area contributed by atoms with Crippen molar-refractivity contribution in [2.45, 2.75) is 43.7 Å². The molecule has 2 atom stereocenters. The van der Waals surface area contributed by atoms with Gasteiger partial charge in [-0.25, -0.2) is 0 Å². The van der Waals surface area contributed by atoms with Crippen LogP contribution in [-0.4, -0.2) is 31.1 Å². The Morgan fingerprint density at radius 2 is 2.39 bits per heavy atom. The highest BCUT2D eigenvalue weighted by Crippen LogP contribution is 2.19. The van der Waals surface area contributed by atoms with Gasteiger partial charge in [0.15, 0.2) is 0 Å². The normalized spacial score (nSPS) is 21.1. The number of rotatable bonds is 6. The largest absolute Gasteiger partial charge is 0.377 e. The van der Waals surface area contributed by atoms with Crippen LogP contribution in [0.3, 0.4) is 0 Å². The molecule has 1 fully saturated rings. The van der Waals surface area contributed by atoms with Crippen molar-refractivity contribution < 1.29 is 4.74 Å². The van der Waals surface area contributed by atoms with E-state index in [1.54, 1.807) is 0 Å². The van der Waals surface area contributed by atoms with E-state index in [1.807, 2.05) is 11.8 Å². The fourth-order valence-electron chi connectivity index (χ4n) is 2.29. The molecule has 3 heteroatoms. The second-order valence-corrected chi connectivity index (χ2v) is 6.13. The van der Waals surface area contributed by atoms with Crippen molar-refractivity contribution in [3.05, 3.63) is 29.8 Å². The minimum atomic E-state index is 0.425. The van der Waals surface area contributed by atoms with Crippen molar-refractivity contribution in [2.24, 2.45) is 0 Å². The van der Waals surface area contributed by atoms with E-state index in [-0.39, 0.29) is 0 Å². The van der Waals surface area contributed by atoms with E-state index in [0.717, 1.165) is 18.9 Å².